The first-order valence-electron chi connectivity index (χ1n) is 9.11. The van der Waals surface area contributed by atoms with E-state index in [2.05, 4.69) is 10.1 Å². The van der Waals surface area contributed by atoms with Crippen LogP contribution in [-0.4, -0.2) is 44.4 Å². The molecule has 0 atom stereocenters. The van der Waals surface area contributed by atoms with Crippen molar-refractivity contribution in [1.29, 1.82) is 0 Å². The van der Waals surface area contributed by atoms with Crippen molar-refractivity contribution in [2.24, 2.45) is 0 Å². The van der Waals surface area contributed by atoms with E-state index in [0.29, 0.717) is 52.3 Å². The third kappa shape index (κ3) is 4.45. The van der Waals surface area contributed by atoms with Crippen molar-refractivity contribution in [2.45, 2.75) is 13.5 Å². The van der Waals surface area contributed by atoms with Gasteiger partial charge in [-0.05, 0) is 37.3 Å². The van der Waals surface area contributed by atoms with E-state index < -0.39 is 0 Å². The number of hydrogen-bond acceptors (Lipinski definition) is 9. The van der Waals surface area contributed by atoms with E-state index in [0.717, 1.165) is 6.29 Å². The monoisotopic (exact) mass is 414 g/mol. The number of nitrogens with zero attached hydrogens (tertiary/aromatic N) is 2. The number of rotatable bonds is 10. The normalized spacial score (nSPS) is 10.4. The van der Waals surface area contributed by atoms with E-state index in [-0.39, 0.29) is 12.5 Å². The predicted molar refractivity (Wildman–Crippen MR) is 107 cm³/mol. The summed E-state index contributed by atoms with van der Waals surface area (Å²) in [6.45, 7) is 2.31. The first-order valence-corrected chi connectivity index (χ1v) is 9.11. The van der Waals surface area contributed by atoms with Gasteiger partial charge in [0.05, 0.1) is 27.9 Å². The third-order valence-corrected chi connectivity index (χ3v) is 4.15. The molecule has 0 aliphatic heterocycles. The zero-order valence-corrected chi connectivity index (χ0v) is 17.1. The van der Waals surface area contributed by atoms with Gasteiger partial charge in [0.15, 0.2) is 29.6 Å². The molecule has 0 saturated heterocycles. The molecule has 158 valence electrons. The van der Waals surface area contributed by atoms with Gasteiger partial charge in [-0.1, -0.05) is 5.16 Å². The van der Waals surface area contributed by atoms with E-state index >= 15 is 0 Å². The minimum absolute atomic E-state index is 0.0257. The lowest BCUT2D eigenvalue weighted by Gasteiger charge is -2.12. The Morgan fingerprint density at radius 3 is 2.27 bits per heavy atom. The molecular formula is C21H22N2O7. The van der Waals surface area contributed by atoms with Gasteiger partial charge in [0.2, 0.25) is 11.6 Å². The lowest BCUT2D eigenvalue weighted by Crippen LogP contribution is -2.00. The number of carbonyl (C=O) groups excluding carboxylic acids is 1. The Kier molecular flexibility index (Phi) is 6.74. The van der Waals surface area contributed by atoms with E-state index in [1.54, 1.807) is 30.3 Å². The van der Waals surface area contributed by atoms with Crippen molar-refractivity contribution >= 4 is 6.29 Å². The number of carbonyl (C=O) groups is 1. The van der Waals surface area contributed by atoms with Crippen LogP contribution in [0.3, 0.4) is 0 Å². The molecular weight excluding hydrogens is 392 g/mol. The lowest BCUT2D eigenvalue weighted by atomic mass is 10.1. The first kappa shape index (κ1) is 21.0. The highest BCUT2D eigenvalue weighted by Crippen LogP contribution is 2.40. The molecule has 0 aliphatic carbocycles. The molecule has 1 heterocycles. The first-order chi connectivity index (χ1) is 14.6. The van der Waals surface area contributed by atoms with Gasteiger partial charge < -0.3 is 28.2 Å². The van der Waals surface area contributed by atoms with Crippen LogP contribution in [0.2, 0.25) is 0 Å². The van der Waals surface area contributed by atoms with E-state index in [4.69, 9.17) is 28.2 Å². The molecule has 3 rings (SSSR count). The Balaban J connectivity index is 1.80. The van der Waals surface area contributed by atoms with Crippen LogP contribution in [0.15, 0.2) is 34.9 Å². The number of aromatic nitrogens is 2. The molecule has 3 aromatic rings. The van der Waals surface area contributed by atoms with Gasteiger partial charge in [-0.15, -0.1) is 0 Å². The SMILES string of the molecule is CCOc1cc(C=O)ccc1OCc1nc(-c2cc(OC)c(OC)c(OC)c2)no1. The molecule has 0 saturated carbocycles. The molecule has 2 aromatic carbocycles. The maximum atomic E-state index is 11.0. The standard InChI is InChI=1S/C21H22N2O7/c1-5-28-16-8-13(11-24)6-7-15(16)29-12-19-22-21(23-30-19)14-9-17(25-2)20(27-4)18(10-14)26-3/h6-11H,5,12H2,1-4H3. The molecule has 0 fully saturated rings. The van der Waals surface area contributed by atoms with E-state index in [9.17, 15) is 4.79 Å². The Labute approximate surface area is 173 Å². The molecule has 0 amide bonds. The summed E-state index contributed by atoms with van der Waals surface area (Å²) in [5.74, 6) is 2.96. The van der Waals surface area contributed by atoms with Crippen molar-refractivity contribution in [1.82, 2.24) is 10.1 Å². The topological polar surface area (TPSA) is 102 Å². The van der Waals surface area contributed by atoms with Crippen LogP contribution < -0.4 is 23.7 Å². The number of benzene rings is 2. The highest BCUT2D eigenvalue weighted by atomic mass is 16.5. The van der Waals surface area contributed by atoms with Crippen molar-refractivity contribution in [3.8, 4) is 40.1 Å². The van der Waals surface area contributed by atoms with Crippen molar-refractivity contribution in [3.63, 3.8) is 0 Å². The lowest BCUT2D eigenvalue weighted by molar-refractivity contribution is 0.112. The van der Waals surface area contributed by atoms with E-state index in [1.807, 2.05) is 6.92 Å². The summed E-state index contributed by atoms with van der Waals surface area (Å²) in [6.07, 6.45) is 0.744. The largest absolute Gasteiger partial charge is 0.493 e. The van der Waals surface area contributed by atoms with Crippen LogP contribution in [-0.2, 0) is 6.61 Å². The summed E-state index contributed by atoms with van der Waals surface area (Å²) in [4.78, 5) is 15.3. The average molecular weight is 414 g/mol. The highest BCUT2D eigenvalue weighted by molar-refractivity contribution is 5.76. The molecule has 0 radical (unpaired) electrons. The predicted octanol–water partition coefficient (Wildman–Crippen LogP) is 3.55. The minimum Gasteiger partial charge on any atom is -0.493 e. The van der Waals surface area contributed by atoms with Crippen molar-refractivity contribution < 1.29 is 33.0 Å². The second kappa shape index (κ2) is 9.64. The number of hydrogen-bond donors (Lipinski definition) is 0. The van der Waals surface area contributed by atoms with Crippen LogP contribution in [0.1, 0.15) is 23.2 Å². The Morgan fingerprint density at radius 1 is 0.933 bits per heavy atom. The molecule has 30 heavy (non-hydrogen) atoms. The molecule has 0 aliphatic rings. The zero-order chi connectivity index (χ0) is 21.5. The molecule has 0 bridgehead atoms. The Morgan fingerprint density at radius 2 is 1.67 bits per heavy atom. The maximum Gasteiger partial charge on any atom is 0.264 e. The summed E-state index contributed by atoms with van der Waals surface area (Å²) in [5, 5.41) is 4.00. The summed E-state index contributed by atoms with van der Waals surface area (Å²) in [6, 6.07) is 8.36. The second-order valence-electron chi connectivity index (χ2n) is 5.97. The van der Waals surface area contributed by atoms with Gasteiger partial charge >= 0.3 is 0 Å². The number of aldehydes is 1. The van der Waals surface area contributed by atoms with Gasteiger partial charge in [-0.2, -0.15) is 4.98 Å². The molecule has 0 spiro atoms. The highest BCUT2D eigenvalue weighted by Gasteiger charge is 2.18. The van der Waals surface area contributed by atoms with Gasteiger partial charge in [-0.25, -0.2) is 0 Å². The van der Waals surface area contributed by atoms with Gasteiger partial charge in [0.25, 0.3) is 5.89 Å². The fourth-order valence-electron chi connectivity index (χ4n) is 2.77. The molecule has 1 aromatic heterocycles. The number of ether oxygens (including phenoxy) is 5. The quantitative estimate of drug-likeness (QED) is 0.461. The summed E-state index contributed by atoms with van der Waals surface area (Å²) >= 11 is 0. The molecule has 0 N–H and O–H groups in total. The van der Waals surface area contributed by atoms with Gasteiger partial charge in [0, 0.05) is 11.1 Å². The number of methoxy groups -OCH3 is 3. The van der Waals surface area contributed by atoms with Crippen molar-refractivity contribution in [2.75, 3.05) is 27.9 Å². The van der Waals surface area contributed by atoms with Crippen LogP contribution in [0, 0.1) is 0 Å². The second-order valence-corrected chi connectivity index (χ2v) is 5.97. The molecule has 9 heteroatoms. The maximum absolute atomic E-state index is 11.0. The fourth-order valence-corrected chi connectivity index (χ4v) is 2.77. The minimum atomic E-state index is 0.0257. The van der Waals surface area contributed by atoms with Gasteiger partial charge in [0.1, 0.15) is 6.29 Å². The van der Waals surface area contributed by atoms with E-state index in [1.165, 1.54) is 21.3 Å². The van der Waals surface area contributed by atoms with Crippen molar-refractivity contribution in [3.05, 3.63) is 41.8 Å². The summed E-state index contributed by atoms with van der Waals surface area (Å²) in [5.41, 5.74) is 1.12. The van der Waals surface area contributed by atoms with Crippen LogP contribution >= 0.6 is 0 Å². The van der Waals surface area contributed by atoms with Crippen LogP contribution in [0.4, 0.5) is 0 Å². The smallest absolute Gasteiger partial charge is 0.264 e. The van der Waals surface area contributed by atoms with Crippen LogP contribution in [0.25, 0.3) is 11.4 Å². The summed E-state index contributed by atoms with van der Waals surface area (Å²) < 4.78 is 32.6. The van der Waals surface area contributed by atoms with Gasteiger partial charge in [-0.3, -0.25) is 4.79 Å². The third-order valence-electron chi connectivity index (χ3n) is 4.15. The summed E-state index contributed by atoms with van der Waals surface area (Å²) in [7, 11) is 4.59. The fraction of sp³-hybridized carbons (Fsp3) is 0.286. The Bertz CT molecular complexity index is 991. The van der Waals surface area contributed by atoms with Crippen LogP contribution in [0.5, 0.6) is 28.7 Å². The zero-order valence-electron chi connectivity index (χ0n) is 17.1. The molecule has 0 unspecified atom stereocenters. The Hall–Kier alpha value is -3.75. The average Bonchev–Trinajstić information content (AvgIpc) is 3.26. The molecule has 9 nitrogen and oxygen atoms in total.